The Morgan fingerprint density at radius 2 is 1.94 bits per heavy atom. The lowest BCUT2D eigenvalue weighted by molar-refractivity contribution is -0.0515. The van der Waals surface area contributed by atoms with Crippen molar-refractivity contribution in [3.63, 3.8) is 0 Å². The van der Waals surface area contributed by atoms with Crippen LogP contribution in [-0.4, -0.2) is 30.7 Å². The van der Waals surface area contributed by atoms with E-state index in [9.17, 15) is 13.6 Å². The maximum Gasteiger partial charge on any atom is 0.387 e. The van der Waals surface area contributed by atoms with E-state index in [-0.39, 0.29) is 29.8 Å². The van der Waals surface area contributed by atoms with Gasteiger partial charge in [-0.2, -0.15) is 8.78 Å². The van der Waals surface area contributed by atoms with Crippen molar-refractivity contribution in [1.82, 2.24) is 10.3 Å². The minimum absolute atomic E-state index is 0.0613. The van der Waals surface area contributed by atoms with E-state index in [0.717, 1.165) is 12.8 Å². The van der Waals surface area contributed by atoms with Crippen LogP contribution in [0.4, 0.5) is 8.78 Å². The summed E-state index contributed by atoms with van der Waals surface area (Å²) in [6, 6.07) is 10.9. The number of nitrogens with one attached hydrogen (secondary N) is 1. The Kier molecular flexibility index (Phi) is 8.04. The van der Waals surface area contributed by atoms with Crippen LogP contribution in [0.25, 0.3) is 11.5 Å². The van der Waals surface area contributed by atoms with Gasteiger partial charge in [-0.15, -0.1) is 0 Å². The van der Waals surface area contributed by atoms with Crippen molar-refractivity contribution in [3.05, 3.63) is 59.5 Å². The van der Waals surface area contributed by atoms with Gasteiger partial charge in [0.1, 0.15) is 17.2 Å². The number of halogens is 2. The van der Waals surface area contributed by atoms with E-state index in [1.807, 2.05) is 6.92 Å². The number of nitrogens with two attached hydrogens (primary N) is 1. The lowest BCUT2D eigenvalue weighted by Crippen LogP contribution is -2.24. The van der Waals surface area contributed by atoms with E-state index in [2.05, 4.69) is 15.0 Å². The van der Waals surface area contributed by atoms with Crippen LogP contribution in [0.15, 0.2) is 46.9 Å². The van der Waals surface area contributed by atoms with Crippen molar-refractivity contribution >= 4 is 5.91 Å². The molecule has 1 amide bonds. The van der Waals surface area contributed by atoms with Crippen molar-refractivity contribution in [3.8, 4) is 28.7 Å². The predicted molar refractivity (Wildman–Crippen MR) is 128 cm³/mol. The first kappa shape index (κ1) is 25.4. The molecular weight excluding hydrogens is 472 g/mol. The number of hydrogen-bond acceptors (Lipinski definition) is 7. The first-order valence-corrected chi connectivity index (χ1v) is 11.8. The van der Waals surface area contributed by atoms with Crippen molar-refractivity contribution in [1.29, 1.82) is 0 Å². The SMILES string of the molecule is CCOc1ccccc1C(=O)NCc1nc(-c2ccc(OC(F)F)c(OCC3CC3)c2)oc1[C@H](C)N. The molecule has 1 fully saturated rings. The van der Waals surface area contributed by atoms with Gasteiger partial charge in [0, 0.05) is 5.56 Å². The zero-order valence-corrected chi connectivity index (χ0v) is 20.1. The van der Waals surface area contributed by atoms with Gasteiger partial charge in [-0.25, -0.2) is 4.98 Å². The molecule has 0 aliphatic heterocycles. The third kappa shape index (κ3) is 6.31. The number of alkyl halides is 2. The molecule has 10 heteroatoms. The second kappa shape index (κ2) is 11.4. The van der Waals surface area contributed by atoms with Crippen LogP contribution < -0.4 is 25.3 Å². The monoisotopic (exact) mass is 501 g/mol. The van der Waals surface area contributed by atoms with Gasteiger partial charge in [-0.1, -0.05) is 12.1 Å². The Morgan fingerprint density at radius 1 is 1.17 bits per heavy atom. The van der Waals surface area contributed by atoms with Gasteiger partial charge in [0.15, 0.2) is 11.5 Å². The summed E-state index contributed by atoms with van der Waals surface area (Å²) in [5, 5.41) is 2.83. The lowest BCUT2D eigenvalue weighted by atomic mass is 10.1. The van der Waals surface area contributed by atoms with Crippen molar-refractivity contribution in [2.45, 2.75) is 45.9 Å². The number of amides is 1. The number of aromatic nitrogens is 1. The standard InChI is InChI=1S/C26H29F2N3O5/c1-3-33-20-7-5-4-6-18(20)24(32)30-13-19-23(15(2)29)36-25(31-19)17-10-11-21(35-26(27)28)22(12-17)34-14-16-8-9-16/h4-7,10-12,15-16,26H,3,8-9,13-14,29H2,1-2H3,(H,30,32)/t15-/m0/s1. The van der Waals surface area contributed by atoms with Crippen LogP contribution in [0, 0.1) is 5.92 Å². The molecular formula is C26H29F2N3O5. The van der Waals surface area contributed by atoms with E-state index in [0.29, 0.717) is 47.5 Å². The summed E-state index contributed by atoms with van der Waals surface area (Å²) in [5.74, 6) is 1.32. The Balaban J connectivity index is 1.55. The molecule has 1 saturated carbocycles. The van der Waals surface area contributed by atoms with Crippen molar-refractivity contribution in [2.24, 2.45) is 11.7 Å². The smallest absolute Gasteiger partial charge is 0.387 e. The van der Waals surface area contributed by atoms with Gasteiger partial charge < -0.3 is 29.7 Å². The zero-order chi connectivity index (χ0) is 25.7. The minimum Gasteiger partial charge on any atom is -0.493 e. The Bertz CT molecular complexity index is 1190. The van der Waals surface area contributed by atoms with Gasteiger partial charge in [0.2, 0.25) is 5.89 Å². The first-order valence-electron chi connectivity index (χ1n) is 11.8. The Morgan fingerprint density at radius 3 is 2.64 bits per heavy atom. The average Bonchev–Trinajstić information content (AvgIpc) is 3.58. The number of carbonyl (C=O) groups is 1. The van der Waals surface area contributed by atoms with Gasteiger partial charge in [0.05, 0.1) is 31.4 Å². The van der Waals surface area contributed by atoms with Gasteiger partial charge in [0.25, 0.3) is 5.91 Å². The molecule has 8 nitrogen and oxygen atoms in total. The van der Waals surface area contributed by atoms with Crippen LogP contribution in [0.5, 0.6) is 17.2 Å². The van der Waals surface area contributed by atoms with Gasteiger partial charge in [-0.05, 0) is 62.9 Å². The van der Waals surface area contributed by atoms with E-state index < -0.39 is 12.7 Å². The molecule has 0 saturated heterocycles. The number of hydrogen-bond donors (Lipinski definition) is 2. The number of carbonyl (C=O) groups excluding carboxylic acids is 1. The second-order valence-electron chi connectivity index (χ2n) is 8.52. The molecule has 1 aliphatic rings. The molecule has 4 rings (SSSR count). The molecule has 36 heavy (non-hydrogen) atoms. The number of para-hydroxylation sites is 1. The molecule has 0 bridgehead atoms. The molecule has 1 aliphatic carbocycles. The highest BCUT2D eigenvalue weighted by Gasteiger charge is 2.24. The number of nitrogens with zero attached hydrogens (tertiary/aromatic N) is 1. The van der Waals surface area contributed by atoms with Crippen LogP contribution in [0.3, 0.4) is 0 Å². The van der Waals surface area contributed by atoms with Crippen LogP contribution in [0.2, 0.25) is 0 Å². The first-order chi connectivity index (χ1) is 17.4. The fourth-order valence-electron chi connectivity index (χ4n) is 3.60. The van der Waals surface area contributed by atoms with E-state index in [1.165, 1.54) is 6.07 Å². The maximum atomic E-state index is 12.9. The van der Waals surface area contributed by atoms with E-state index in [1.54, 1.807) is 43.3 Å². The molecule has 1 heterocycles. The van der Waals surface area contributed by atoms with Gasteiger partial charge in [-0.3, -0.25) is 4.79 Å². The highest BCUT2D eigenvalue weighted by atomic mass is 19.3. The average molecular weight is 502 g/mol. The molecule has 0 radical (unpaired) electrons. The second-order valence-corrected chi connectivity index (χ2v) is 8.52. The summed E-state index contributed by atoms with van der Waals surface area (Å²) >= 11 is 0. The Hall–Kier alpha value is -3.66. The minimum atomic E-state index is -2.98. The number of rotatable bonds is 12. The number of ether oxygens (including phenoxy) is 3. The summed E-state index contributed by atoms with van der Waals surface area (Å²) in [6.07, 6.45) is 2.10. The van der Waals surface area contributed by atoms with Crippen molar-refractivity contribution in [2.75, 3.05) is 13.2 Å². The highest BCUT2D eigenvalue weighted by Crippen LogP contribution is 2.37. The summed E-state index contributed by atoms with van der Waals surface area (Å²) in [7, 11) is 0. The third-order valence-electron chi connectivity index (χ3n) is 5.57. The molecule has 3 N–H and O–H groups in total. The van der Waals surface area contributed by atoms with Crippen LogP contribution in [-0.2, 0) is 6.54 Å². The fraction of sp³-hybridized carbons (Fsp3) is 0.385. The van der Waals surface area contributed by atoms with E-state index >= 15 is 0 Å². The fourth-order valence-corrected chi connectivity index (χ4v) is 3.60. The summed E-state index contributed by atoms with van der Waals surface area (Å²) < 4.78 is 47.5. The summed E-state index contributed by atoms with van der Waals surface area (Å²) in [5.41, 5.74) is 7.45. The molecule has 3 aromatic rings. The van der Waals surface area contributed by atoms with E-state index in [4.69, 9.17) is 19.6 Å². The van der Waals surface area contributed by atoms with Crippen molar-refractivity contribution < 1.29 is 32.2 Å². The maximum absolute atomic E-state index is 12.9. The Labute approximate surface area is 207 Å². The largest absolute Gasteiger partial charge is 0.493 e. The normalized spacial score (nSPS) is 13.9. The van der Waals surface area contributed by atoms with Gasteiger partial charge >= 0.3 is 6.61 Å². The summed E-state index contributed by atoms with van der Waals surface area (Å²) in [4.78, 5) is 17.3. The molecule has 1 aromatic heterocycles. The highest BCUT2D eigenvalue weighted by molar-refractivity contribution is 5.96. The van der Waals surface area contributed by atoms with Crippen LogP contribution in [0.1, 0.15) is 54.5 Å². The summed E-state index contributed by atoms with van der Waals surface area (Å²) in [6.45, 7) is 1.52. The predicted octanol–water partition coefficient (Wildman–Crippen LogP) is 5.08. The molecule has 0 unspecified atom stereocenters. The third-order valence-corrected chi connectivity index (χ3v) is 5.57. The molecule has 192 valence electrons. The number of oxazole rings is 1. The topological polar surface area (TPSA) is 109 Å². The molecule has 0 spiro atoms. The quantitative estimate of drug-likeness (QED) is 0.356. The molecule has 1 atom stereocenters. The van der Waals surface area contributed by atoms with Crippen LogP contribution >= 0.6 is 0 Å². The molecule has 2 aromatic carbocycles. The zero-order valence-electron chi connectivity index (χ0n) is 20.1. The number of benzene rings is 2. The lowest BCUT2D eigenvalue weighted by Gasteiger charge is -2.12.